The first-order chi connectivity index (χ1) is 9.05. The molecule has 0 amide bonds. The summed E-state index contributed by atoms with van der Waals surface area (Å²) in [5, 5.41) is 0.724. The highest BCUT2D eigenvalue weighted by Crippen LogP contribution is 2.36. The van der Waals surface area contributed by atoms with E-state index in [0.717, 1.165) is 10.6 Å². The Bertz CT molecular complexity index is 537. The Morgan fingerprint density at radius 3 is 2.32 bits per heavy atom. The summed E-state index contributed by atoms with van der Waals surface area (Å²) in [5.74, 6) is 5.79. The van der Waals surface area contributed by atoms with Crippen molar-refractivity contribution >= 4 is 11.6 Å². The minimum Gasteiger partial charge on any atom is -0.271 e. The number of benzene rings is 2. The predicted molar refractivity (Wildman–Crippen MR) is 81.0 cm³/mol. The minimum absolute atomic E-state index is 0.00593. The molecule has 0 aliphatic heterocycles. The minimum atomic E-state index is -0.138. The van der Waals surface area contributed by atoms with Gasteiger partial charge >= 0.3 is 0 Å². The Balaban J connectivity index is 2.41. The standard InChI is InChI=1S/C16H19ClN2/c1-16(2,13-8-4-3-5-9-13)15(19-18)12-7-6-10-14(17)11-12/h3-11,15,19H,18H2,1-2H3. The highest BCUT2D eigenvalue weighted by Gasteiger charge is 2.31. The summed E-state index contributed by atoms with van der Waals surface area (Å²) >= 11 is 6.07. The zero-order valence-electron chi connectivity index (χ0n) is 11.2. The van der Waals surface area contributed by atoms with Crippen LogP contribution in [0.5, 0.6) is 0 Å². The quantitative estimate of drug-likeness (QED) is 0.657. The molecular formula is C16H19ClN2. The molecule has 3 N–H and O–H groups in total. The number of rotatable bonds is 4. The van der Waals surface area contributed by atoms with Crippen LogP contribution in [0.15, 0.2) is 54.6 Å². The molecule has 0 aliphatic rings. The summed E-state index contributed by atoms with van der Waals surface area (Å²) in [4.78, 5) is 0. The number of halogens is 1. The number of nitrogens with one attached hydrogen (secondary N) is 1. The molecule has 3 heteroatoms. The van der Waals surface area contributed by atoms with Gasteiger partial charge in [-0.2, -0.15) is 0 Å². The normalized spacial score (nSPS) is 13.3. The van der Waals surface area contributed by atoms with Crippen molar-refractivity contribution < 1.29 is 0 Å². The molecule has 0 fully saturated rings. The van der Waals surface area contributed by atoms with Gasteiger partial charge < -0.3 is 0 Å². The van der Waals surface area contributed by atoms with Gasteiger partial charge in [0.05, 0.1) is 6.04 Å². The molecule has 2 aromatic carbocycles. The second kappa shape index (κ2) is 5.74. The third-order valence-corrected chi connectivity index (χ3v) is 3.82. The molecule has 0 saturated carbocycles. The van der Waals surface area contributed by atoms with Gasteiger partial charge in [0, 0.05) is 10.4 Å². The van der Waals surface area contributed by atoms with Gasteiger partial charge in [0.1, 0.15) is 0 Å². The number of hydrogen-bond donors (Lipinski definition) is 2. The van der Waals surface area contributed by atoms with Crippen LogP contribution in [0, 0.1) is 0 Å². The van der Waals surface area contributed by atoms with Crippen LogP contribution in [0.3, 0.4) is 0 Å². The van der Waals surface area contributed by atoms with Crippen LogP contribution in [0.4, 0.5) is 0 Å². The zero-order chi connectivity index (χ0) is 13.9. The Morgan fingerprint density at radius 2 is 1.74 bits per heavy atom. The fraction of sp³-hybridized carbons (Fsp3) is 0.250. The van der Waals surface area contributed by atoms with E-state index in [0.29, 0.717) is 0 Å². The Morgan fingerprint density at radius 1 is 1.05 bits per heavy atom. The highest BCUT2D eigenvalue weighted by molar-refractivity contribution is 6.30. The van der Waals surface area contributed by atoms with Crippen molar-refractivity contribution in [2.75, 3.05) is 0 Å². The molecule has 1 unspecified atom stereocenters. The van der Waals surface area contributed by atoms with E-state index < -0.39 is 0 Å². The van der Waals surface area contributed by atoms with Crippen LogP contribution in [-0.4, -0.2) is 0 Å². The number of hydrogen-bond acceptors (Lipinski definition) is 2. The topological polar surface area (TPSA) is 38.0 Å². The smallest absolute Gasteiger partial charge is 0.0551 e. The van der Waals surface area contributed by atoms with Gasteiger partial charge in [0.2, 0.25) is 0 Å². The molecule has 100 valence electrons. The molecule has 0 saturated heterocycles. The van der Waals surface area contributed by atoms with Crippen molar-refractivity contribution in [3.8, 4) is 0 Å². The van der Waals surface area contributed by atoms with E-state index in [9.17, 15) is 0 Å². The Labute approximate surface area is 119 Å². The van der Waals surface area contributed by atoms with Crippen molar-refractivity contribution in [3.63, 3.8) is 0 Å². The van der Waals surface area contributed by atoms with E-state index in [-0.39, 0.29) is 11.5 Å². The monoisotopic (exact) mass is 274 g/mol. The van der Waals surface area contributed by atoms with Crippen molar-refractivity contribution in [3.05, 3.63) is 70.7 Å². The van der Waals surface area contributed by atoms with Crippen LogP contribution in [-0.2, 0) is 5.41 Å². The molecule has 0 bridgehead atoms. The Kier molecular flexibility index (Phi) is 4.25. The third-order valence-electron chi connectivity index (χ3n) is 3.59. The fourth-order valence-corrected chi connectivity index (χ4v) is 2.64. The van der Waals surface area contributed by atoms with Crippen molar-refractivity contribution in [1.29, 1.82) is 0 Å². The van der Waals surface area contributed by atoms with Gasteiger partial charge in [-0.25, -0.2) is 0 Å². The second-order valence-corrected chi connectivity index (χ2v) is 5.68. The number of hydrazine groups is 1. The van der Waals surface area contributed by atoms with E-state index in [1.54, 1.807) is 0 Å². The molecule has 2 nitrogen and oxygen atoms in total. The van der Waals surface area contributed by atoms with Gasteiger partial charge in [0.25, 0.3) is 0 Å². The highest BCUT2D eigenvalue weighted by atomic mass is 35.5. The van der Waals surface area contributed by atoms with Crippen molar-refractivity contribution in [2.45, 2.75) is 25.3 Å². The van der Waals surface area contributed by atoms with E-state index in [4.69, 9.17) is 17.4 Å². The fourth-order valence-electron chi connectivity index (χ4n) is 2.44. The van der Waals surface area contributed by atoms with E-state index in [1.807, 2.05) is 42.5 Å². The van der Waals surface area contributed by atoms with Crippen molar-refractivity contribution in [2.24, 2.45) is 5.84 Å². The maximum Gasteiger partial charge on any atom is 0.0551 e. The van der Waals surface area contributed by atoms with Crippen LogP contribution in [0.1, 0.15) is 31.0 Å². The van der Waals surface area contributed by atoms with Crippen LogP contribution >= 0.6 is 11.6 Å². The molecule has 0 spiro atoms. The lowest BCUT2D eigenvalue weighted by atomic mass is 9.75. The zero-order valence-corrected chi connectivity index (χ0v) is 12.0. The summed E-state index contributed by atoms with van der Waals surface area (Å²) in [6.45, 7) is 4.35. The molecule has 1 atom stereocenters. The summed E-state index contributed by atoms with van der Waals surface area (Å²) < 4.78 is 0. The lowest BCUT2D eigenvalue weighted by Crippen LogP contribution is -2.41. The predicted octanol–water partition coefficient (Wildman–Crippen LogP) is 3.82. The van der Waals surface area contributed by atoms with Crippen molar-refractivity contribution in [1.82, 2.24) is 5.43 Å². The molecule has 0 radical (unpaired) electrons. The first-order valence-corrected chi connectivity index (χ1v) is 6.70. The van der Waals surface area contributed by atoms with Crippen LogP contribution in [0.2, 0.25) is 5.02 Å². The van der Waals surface area contributed by atoms with Gasteiger partial charge in [-0.1, -0.05) is 67.9 Å². The lowest BCUT2D eigenvalue weighted by Gasteiger charge is -2.35. The lowest BCUT2D eigenvalue weighted by molar-refractivity contribution is 0.353. The van der Waals surface area contributed by atoms with E-state index >= 15 is 0 Å². The van der Waals surface area contributed by atoms with Gasteiger partial charge in [-0.05, 0) is 23.3 Å². The average Bonchev–Trinajstić information content (AvgIpc) is 2.40. The summed E-state index contributed by atoms with van der Waals surface area (Å²) in [6, 6.07) is 18.2. The maximum absolute atomic E-state index is 6.07. The van der Waals surface area contributed by atoms with Gasteiger partial charge in [0.15, 0.2) is 0 Å². The van der Waals surface area contributed by atoms with E-state index in [1.165, 1.54) is 5.56 Å². The number of nitrogens with two attached hydrogens (primary N) is 1. The molecule has 19 heavy (non-hydrogen) atoms. The first kappa shape index (κ1) is 14.1. The SMILES string of the molecule is CC(C)(c1ccccc1)C(NN)c1cccc(Cl)c1. The third kappa shape index (κ3) is 2.98. The maximum atomic E-state index is 6.07. The first-order valence-electron chi connectivity index (χ1n) is 6.33. The molecule has 2 aromatic rings. The molecule has 0 heterocycles. The van der Waals surface area contributed by atoms with Gasteiger partial charge in [-0.3, -0.25) is 11.3 Å². The summed E-state index contributed by atoms with van der Waals surface area (Å²) in [5.41, 5.74) is 5.11. The largest absolute Gasteiger partial charge is 0.271 e. The molecular weight excluding hydrogens is 256 g/mol. The van der Waals surface area contributed by atoms with E-state index in [2.05, 4.69) is 31.4 Å². The molecule has 0 aromatic heterocycles. The van der Waals surface area contributed by atoms with Crippen LogP contribution < -0.4 is 11.3 Å². The van der Waals surface area contributed by atoms with Crippen LogP contribution in [0.25, 0.3) is 0 Å². The summed E-state index contributed by atoms with van der Waals surface area (Å²) in [6.07, 6.45) is 0. The average molecular weight is 275 g/mol. The van der Waals surface area contributed by atoms with Gasteiger partial charge in [-0.15, -0.1) is 0 Å². The Hall–Kier alpha value is -1.35. The second-order valence-electron chi connectivity index (χ2n) is 5.24. The molecule has 0 aliphatic carbocycles. The molecule has 2 rings (SSSR count). The summed E-state index contributed by atoms with van der Waals surface area (Å²) in [7, 11) is 0.